The molecular weight excluding hydrogens is 214 g/mol. The zero-order chi connectivity index (χ0) is 12.1. The fourth-order valence-electron chi connectivity index (χ4n) is 2.57. The van der Waals surface area contributed by atoms with Gasteiger partial charge in [0.2, 0.25) is 0 Å². The van der Waals surface area contributed by atoms with E-state index >= 15 is 0 Å². The largest absolute Gasteiger partial charge is 0.395 e. The zero-order valence-electron chi connectivity index (χ0n) is 11.1. The van der Waals surface area contributed by atoms with Crippen LogP contribution in [0.25, 0.3) is 0 Å². The molecule has 2 rings (SSSR count). The average Bonchev–Trinajstić information content (AvgIpc) is 3.15. The lowest BCUT2D eigenvalue weighted by Gasteiger charge is -2.36. The number of hydrogen-bond donors (Lipinski definition) is 2. The van der Waals surface area contributed by atoms with Crippen molar-refractivity contribution in [1.82, 2.24) is 15.1 Å². The Morgan fingerprint density at radius 2 is 1.82 bits per heavy atom. The van der Waals surface area contributed by atoms with Gasteiger partial charge in [0.05, 0.1) is 6.61 Å². The minimum atomic E-state index is 0.270. The summed E-state index contributed by atoms with van der Waals surface area (Å²) in [6.45, 7) is 9.44. The van der Waals surface area contributed by atoms with E-state index in [1.54, 1.807) is 0 Å². The Morgan fingerprint density at radius 3 is 2.35 bits per heavy atom. The van der Waals surface area contributed by atoms with Gasteiger partial charge in [0.25, 0.3) is 0 Å². The summed E-state index contributed by atoms with van der Waals surface area (Å²) in [4.78, 5) is 5.03. The van der Waals surface area contributed by atoms with Gasteiger partial charge in [0.15, 0.2) is 0 Å². The molecule has 2 N–H and O–H groups in total. The molecule has 0 aromatic carbocycles. The van der Waals surface area contributed by atoms with E-state index < -0.39 is 0 Å². The lowest BCUT2D eigenvalue weighted by atomic mass is 10.2. The molecule has 1 saturated carbocycles. The molecule has 1 atom stereocenters. The first kappa shape index (κ1) is 13.3. The van der Waals surface area contributed by atoms with Gasteiger partial charge in [0, 0.05) is 44.8 Å². The van der Waals surface area contributed by atoms with Gasteiger partial charge in [-0.2, -0.15) is 0 Å². The Bertz CT molecular complexity index is 213. The van der Waals surface area contributed by atoms with Crippen LogP contribution < -0.4 is 5.32 Å². The van der Waals surface area contributed by atoms with Crippen molar-refractivity contribution in [2.75, 3.05) is 45.9 Å². The maximum absolute atomic E-state index is 9.37. The quantitative estimate of drug-likeness (QED) is 0.664. The SMILES string of the molecule is CCCN1CCN(CC(CO)NC2CC2)CC1. The first-order valence-electron chi connectivity index (χ1n) is 7.13. The predicted octanol–water partition coefficient (Wildman–Crippen LogP) is 0.127. The molecule has 0 spiro atoms. The van der Waals surface area contributed by atoms with Crippen LogP contribution >= 0.6 is 0 Å². The van der Waals surface area contributed by atoms with Crippen molar-refractivity contribution in [2.24, 2.45) is 0 Å². The summed E-state index contributed by atoms with van der Waals surface area (Å²) in [6, 6.07) is 0.966. The number of rotatable bonds is 7. The number of nitrogens with zero attached hydrogens (tertiary/aromatic N) is 2. The van der Waals surface area contributed by atoms with E-state index in [4.69, 9.17) is 0 Å². The predicted molar refractivity (Wildman–Crippen MR) is 70.2 cm³/mol. The van der Waals surface area contributed by atoms with E-state index in [1.165, 1.54) is 38.9 Å². The highest BCUT2D eigenvalue weighted by molar-refractivity contribution is 4.86. The van der Waals surface area contributed by atoms with E-state index in [-0.39, 0.29) is 12.6 Å². The normalized spacial score (nSPS) is 25.1. The highest BCUT2D eigenvalue weighted by Crippen LogP contribution is 2.19. The third-order valence-corrected chi connectivity index (χ3v) is 3.75. The second kappa shape index (κ2) is 6.69. The molecule has 0 aromatic rings. The smallest absolute Gasteiger partial charge is 0.0597 e. The van der Waals surface area contributed by atoms with Gasteiger partial charge < -0.3 is 15.3 Å². The Balaban J connectivity index is 1.65. The Labute approximate surface area is 105 Å². The van der Waals surface area contributed by atoms with E-state index in [0.29, 0.717) is 6.04 Å². The van der Waals surface area contributed by atoms with Gasteiger partial charge in [-0.05, 0) is 25.8 Å². The van der Waals surface area contributed by atoms with Crippen molar-refractivity contribution < 1.29 is 5.11 Å². The third kappa shape index (κ3) is 4.54. The van der Waals surface area contributed by atoms with Gasteiger partial charge in [-0.25, -0.2) is 0 Å². The average molecular weight is 241 g/mol. The van der Waals surface area contributed by atoms with Crippen LogP contribution in [0, 0.1) is 0 Å². The van der Waals surface area contributed by atoms with Crippen LogP contribution in [0.2, 0.25) is 0 Å². The molecule has 0 bridgehead atoms. The summed E-state index contributed by atoms with van der Waals surface area (Å²) in [7, 11) is 0. The minimum absolute atomic E-state index is 0.270. The molecular formula is C13H27N3O. The van der Waals surface area contributed by atoms with Crippen molar-refractivity contribution in [3.63, 3.8) is 0 Å². The number of aliphatic hydroxyl groups is 1. The number of aliphatic hydroxyl groups excluding tert-OH is 1. The summed E-state index contributed by atoms with van der Waals surface area (Å²) in [5, 5.41) is 12.9. The fraction of sp³-hybridized carbons (Fsp3) is 1.00. The van der Waals surface area contributed by atoms with E-state index in [9.17, 15) is 5.11 Å². The summed E-state index contributed by atoms with van der Waals surface area (Å²) in [6.07, 6.45) is 3.84. The molecule has 100 valence electrons. The second-order valence-corrected chi connectivity index (χ2v) is 5.46. The zero-order valence-corrected chi connectivity index (χ0v) is 11.1. The molecule has 0 amide bonds. The van der Waals surface area contributed by atoms with Crippen molar-refractivity contribution >= 4 is 0 Å². The Hall–Kier alpha value is -0.160. The Morgan fingerprint density at radius 1 is 1.18 bits per heavy atom. The highest BCUT2D eigenvalue weighted by Gasteiger charge is 2.26. The second-order valence-electron chi connectivity index (χ2n) is 5.46. The van der Waals surface area contributed by atoms with Crippen LogP contribution in [-0.4, -0.2) is 72.9 Å². The molecule has 0 aromatic heterocycles. The number of nitrogens with one attached hydrogen (secondary N) is 1. The molecule has 1 unspecified atom stereocenters. The summed E-state index contributed by atoms with van der Waals surface area (Å²) < 4.78 is 0. The first-order chi connectivity index (χ1) is 8.31. The van der Waals surface area contributed by atoms with Crippen LogP contribution in [-0.2, 0) is 0 Å². The maximum Gasteiger partial charge on any atom is 0.0597 e. The fourth-order valence-corrected chi connectivity index (χ4v) is 2.57. The molecule has 2 fully saturated rings. The molecule has 4 heteroatoms. The summed E-state index contributed by atoms with van der Waals surface area (Å²) in [5.74, 6) is 0. The molecule has 1 heterocycles. The van der Waals surface area contributed by atoms with Crippen molar-refractivity contribution in [3.8, 4) is 0 Å². The molecule has 1 saturated heterocycles. The molecule has 4 nitrogen and oxygen atoms in total. The molecule has 2 aliphatic rings. The van der Waals surface area contributed by atoms with Crippen molar-refractivity contribution in [1.29, 1.82) is 0 Å². The van der Waals surface area contributed by atoms with Gasteiger partial charge in [0.1, 0.15) is 0 Å². The van der Waals surface area contributed by atoms with Crippen LogP contribution in [0.3, 0.4) is 0 Å². The van der Waals surface area contributed by atoms with Crippen LogP contribution in [0.4, 0.5) is 0 Å². The number of piperazine rings is 1. The summed E-state index contributed by atoms with van der Waals surface area (Å²) in [5.41, 5.74) is 0. The topological polar surface area (TPSA) is 38.7 Å². The van der Waals surface area contributed by atoms with Crippen LogP contribution in [0.1, 0.15) is 26.2 Å². The summed E-state index contributed by atoms with van der Waals surface area (Å²) >= 11 is 0. The van der Waals surface area contributed by atoms with E-state index in [1.807, 2.05) is 0 Å². The molecule has 1 aliphatic heterocycles. The minimum Gasteiger partial charge on any atom is -0.395 e. The van der Waals surface area contributed by atoms with Gasteiger partial charge >= 0.3 is 0 Å². The molecule has 0 radical (unpaired) electrons. The van der Waals surface area contributed by atoms with Crippen molar-refractivity contribution in [2.45, 2.75) is 38.3 Å². The highest BCUT2D eigenvalue weighted by atomic mass is 16.3. The number of hydrogen-bond acceptors (Lipinski definition) is 4. The maximum atomic E-state index is 9.37. The molecule has 17 heavy (non-hydrogen) atoms. The lowest BCUT2D eigenvalue weighted by molar-refractivity contribution is 0.110. The van der Waals surface area contributed by atoms with Gasteiger partial charge in [-0.1, -0.05) is 6.92 Å². The van der Waals surface area contributed by atoms with Gasteiger partial charge in [-0.15, -0.1) is 0 Å². The third-order valence-electron chi connectivity index (χ3n) is 3.75. The van der Waals surface area contributed by atoms with Gasteiger partial charge in [-0.3, -0.25) is 4.90 Å². The molecule has 1 aliphatic carbocycles. The van der Waals surface area contributed by atoms with E-state index in [2.05, 4.69) is 22.0 Å². The lowest BCUT2D eigenvalue weighted by Crippen LogP contribution is -2.51. The standard InChI is InChI=1S/C13H27N3O/c1-2-5-15-6-8-16(9-7-15)10-13(11-17)14-12-3-4-12/h12-14,17H,2-11H2,1H3. The first-order valence-corrected chi connectivity index (χ1v) is 7.13. The van der Waals surface area contributed by atoms with E-state index in [0.717, 1.165) is 19.6 Å². The van der Waals surface area contributed by atoms with Crippen LogP contribution in [0.15, 0.2) is 0 Å². The van der Waals surface area contributed by atoms with Crippen molar-refractivity contribution in [3.05, 3.63) is 0 Å². The Kier molecular flexibility index (Phi) is 5.22. The monoisotopic (exact) mass is 241 g/mol. The van der Waals surface area contributed by atoms with Crippen LogP contribution in [0.5, 0.6) is 0 Å².